The summed E-state index contributed by atoms with van der Waals surface area (Å²) in [6.07, 6.45) is -0.0131. The third-order valence-corrected chi connectivity index (χ3v) is 2.84. The molecule has 1 rings (SSSR count). The van der Waals surface area contributed by atoms with Crippen molar-refractivity contribution in [1.29, 1.82) is 0 Å². The molecule has 1 atom stereocenters. The van der Waals surface area contributed by atoms with Gasteiger partial charge in [0.25, 0.3) is 0 Å². The van der Waals surface area contributed by atoms with Crippen LogP contribution in [0.15, 0.2) is 18.2 Å². The minimum absolute atomic E-state index is 0.0292. The van der Waals surface area contributed by atoms with Gasteiger partial charge < -0.3 is 15.2 Å². The molecule has 0 amide bonds. The molecule has 112 valence electrons. The van der Waals surface area contributed by atoms with Crippen LogP contribution < -0.4 is 10.1 Å². The van der Waals surface area contributed by atoms with Crippen molar-refractivity contribution in [3.8, 4) is 5.75 Å². The van der Waals surface area contributed by atoms with E-state index in [1.165, 1.54) is 6.07 Å². The first-order valence-corrected chi connectivity index (χ1v) is 6.86. The van der Waals surface area contributed by atoms with Gasteiger partial charge in [0.15, 0.2) is 17.7 Å². The summed E-state index contributed by atoms with van der Waals surface area (Å²) in [4.78, 5) is 11.1. The predicted molar refractivity (Wildman–Crippen MR) is 75.3 cm³/mol. The summed E-state index contributed by atoms with van der Waals surface area (Å²) < 4.78 is 19.3. The van der Waals surface area contributed by atoms with Crippen LogP contribution in [0.25, 0.3) is 0 Å². The van der Waals surface area contributed by atoms with Gasteiger partial charge in [0.1, 0.15) is 0 Å². The topological polar surface area (TPSA) is 58.6 Å². The summed E-state index contributed by atoms with van der Waals surface area (Å²) in [6, 6.07) is 4.85. The number of carboxylic acids is 1. The molecule has 20 heavy (non-hydrogen) atoms. The van der Waals surface area contributed by atoms with Gasteiger partial charge >= 0.3 is 5.97 Å². The first kappa shape index (κ1) is 16.4. The Bertz CT molecular complexity index is 449. The summed E-state index contributed by atoms with van der Waals surface area (Å²) in [6.45, 7) is 6.26. The van der Waals surface area contributed by atoms with Gasteiger partial charge in [-0.05, 0) is 12.5 Å². The Kier molecular flexibility index (Phi) is 6.45. The van der Waals surface area contributed by atoms with E-state index >= 15 is 0 Å². The summed E-state index contributed by atoms with van der Waals surface area (Å²) in [5.41, 5.74) is 0.626. The van der Waals surface area contributed by atoms with Crippen LogP contribution in [0.5, 0.6) is 5.75 Å². The highest BCUT2D eigenvalue weighted by atomic mass is 19.1. The molecule has 0 radical (unpaired) electrons. The highest BCUT2D eigenvalue weighted by Crippen LogP contribution is 2.25. The maximum absolute atomic E-state index is 13.9. The zero-order valence-corrected chi connectivity index (χ0v) is 12.1. The predicted octanol–water partition coefficient (Wildman–Crippen LogP) is 2.96. The SMILES string of the molecule is CCCC(Oc1c(F)cccc1CNC(C)C)C(=O)O. The fourth-order valence-electron chi connectivity index (χ4n) is 1.78. The summed E-state index contributed by atoms with van der Waals surface area (Å²) in [7, 11) is 0. The second-order valence-corrected chi connectivity index (χ2v) is 5.00. The third kappa shape index (κ3) is 4.81. The lowest BCUT2D eigenvalue weighted by molar-refractivity contribution is -0.145. The number of para-hydroxylation sites is 1. The Balaban J connectivity index is 2.93. The molecule has 0 fully saturated rings. The number of nitrogens with one attached hydrogen (secondary N) is 1. The van der Waals surface area contributed by atoms with E-state index in [1.807, 2.05) is 20.8 Å². The van der Waals surface area contributed by atoms with Crippen LogP contribution in [0.4, 0.5) is 4.39 Å². The Morgan fingerprint density at radius 3 is 2.70 bits per heavy atom. The highest BCUT2D eigenvalue weighted by Gasteiger charge is 2.21. The molecule has 1 aromatic carbocycles. The van der Waals surface area contributed by atoms with Crippen molar-refractivity contribution in [2.45, 2.75) is 52.3 Å². The van der Waals surface area contributed by atoms with Gasteiger partial charge in [0.05, 0.1) is 0 Å². The van der Waals surface area contributed by atoms with Crippen molar-refractivity contribution in [1.82, 2.24) is 5.32 Å². The van der Waals surface area contributed by atoms with Crippen LogP contribution >= 0.6 is 0 Å². The van der Waals surface area contributed by atoms with Gasteiger partial charge in [-0.15, -0.1) is 0 Å². The summed E-state index contributed by atoms with van der Waals surface area (Å²) in [5.74, 6) is -1.57. The van der Waals surface area contributed by atoms with Crippen LogP contribution in [0, 0.1) is 5.82 Å². The number of ether oxygens (including phenoxy) is 1. The lowest BCUT2D eigenvalue weighted by Gasteiger charge is -2.18. The fraction of sp³-hybridized carbons (Fsp3) is 0.533. The molecule has 0 bridgehead atoms. The molecule has 2 N–H and O–H groups in total. The van der Waals surface area contributed by atoms with Gasteiger partial charge in [-0.1, -0.05) is 39.3 Å². The minimum atomic E-state index is -1.07. The Morgan fingerprint density at radius 1 is 1.45 bits per heavy atom. The third-order valence-electron chi connectivity index (χ3n) is 2.84. The first-order valence-electron chi connectivity index (χ1n) is 6.86. The van der Waals surface area contributed by atoms with Crippen molar-refractivity contribution in [2.75, 3.05) is 0 Å². The molecule has 0 aliphatic rings. The van der Waals surface area contributed by atoms with Crippen LogP contribution in [0.3, 0.4) is 0 Å². The Labute approximate surface area is 119 Å². The number of halogens is 1. The van der Waals surface area contributed by atoms with Gasteiger partial charge in [-0.3, -0.25) is 0 Å². The van der Waals surface area contributed by atoms with E-state index in [9.17, 15) is 9.18 Å². The van der Waals surface area contributed by atoms with Crippen molar-refractivity contribution in [2.24, 2.45) is 0 Å². The lowest BCUT2D eigenvalue weighted by atomic mass is 10.1. The second kappa shape index (κ2) is 7.85. The van der Waals surface area contributed by atoms with Crippen molar-refractivity contribution in [3.63, 3.8) is 0 Å². The number of carbonyl (C=O) groups is 1. The van der Waals surface area contributed by atoms with Crippen LogP contribution in [0.1, 0.15) is 39.2 Å². The molecular weight excluding hydrogens is 261 g/mol. The zero-order valence-electron chi connectivity index (χ0n) is 12.1. The molecule has 0 aliphatic carbocycles. The zero-order chi connectivity index (χ0) is 15.1. The second-order valence-electron chi connectivity index (χ2n) is 5.00. The van der Waals surface area contributed by atoms with E-state index in [2.05, 4.69) is 5.32 Å². The molecular formula is C15H22FNO3. The standard InChI is InChI=1S/C15H22FNO3/c1-4-6-13(15(18)19)20-14-11(9-17-10(2)3)7-5-8-12(14)16/h5,7-8,10,13,17H,4,6,9H2,1-3H3,(H,18,19). The summed E-state index contributed by atoms with van der Waals surface area (Å²) in [5, 5.41) is 12.3. The molecule has 4 nitrogen and oxygen atoms in total. The maximum Gasteiger partial charge on any atom is 0.344 e. The smallest absolute Gasteiger partial charge is 0.344 e. The van der Waals surface area contributed by atoms with E-state index in [0.717, 1.165) is 0 Å². The summed E-state index contributed by atoms with van der Waals surface area (Å²) >= 11 is 0. The molecule has 5 heteroatoms. The number of benzene rings is 1. The lowest BCUT2D eigenvalue weighted by Crippen LogP contribution is -2.28. The van der Waals surface area contributed by atoms with Crippen molar-refractivity contribution in [3.05, 3.63) is 29.6 Å². The number of carboxylic acid groups (broad SMARTS) is 1. The van der Waals surface area contributed by atoms with Crippen LogP contribution in [0.2, 0.25) is 0 Å². The Hall–Kier alpha value is -1.62. The molecule has 0 saturated carbocycles. The average Bonchev–Trinajstić information content (AvgIpc) is 2.38. The van der Waals surface area contributed by atoms with Crippen LogP contribution in [-0.4, -0.2) is 23.2 Å². The molecule has 0 saturated heterocycles. The first-order chi connectivity index (χ1) is 9.45. The van der Waals surface area contributed by atoms with Gasteiger partial charge in [-0.25, -0.2) is 9.18 Å². The van der Waals surface area contributed by atoms with E-state index < -0.39 is 17.9 Å². The molecule has 1 unspecified atom stereocenters. The largest absolute Gasteiger partial charge is 0.479 e. The van der Waals surface area contributed by atoms with Crippen molar-refractivity contribution < 1.29 is 19.0 Å². The van der Waals surface area contributed by atoms with Crippen molar-refractivity contribution >= 4 is 5.97 Å². The number of hydrogen-bond acceptors (Lipinski definition) is 3. The molecule has 0 heterocycles. The van der Waals surface area contributed by atoms with E-state index in [1.54, 1.807) is 12.1 Å². The van der Waals surface area contributed by atoms with Gasteiger partial charge in [-0.2, -0.15) is 0 Å². The maximum atomic E-state index is 13.9. The molecule has 0 aromatic heterocycles. The minimum Gasteiger partial charge on any atom is -0.479 e. The average molecular weight is 283 g/mol. The van der Waals surface area contributed by atoms with E-state index in [4.69, 9.17) is 9.84 Å². The number of aliphatic carboxylic acids is 1. The van der Waals surface area contributed by atoms with E-state index in [0.29, 0.717) is 24.9 Å². The van der Waals surface area contributed by atoms with Gasteiger partial charge in [0.2, 0.25) is 0 Å². The number of rotatable bonds is 8. The van der Waals surface area contributed by atoms with Gasteiger partial charge in [0, 0.05) is 18.2 Å². The Morgan fingerprint density at radius 2 is 2.15 bits per heavy atom. The molecule has 0 spiro atoms. The number of hydrogen-bond donors (Lipinski definition) is 2. The highest BCUT2D eigenvalue weighted by molar-refractivity contribution is 5.72. The quantitative estimate of drug-likeness (QED) is 0.770. The molecule has 0 aliphatic heterocycles. The monoisotopic (exact) mass is 283 g/mol. The molecule has 1 aromatic rings. The van der Waals surface area contributed by atoms with Crippen LogP contribution in [-0.2, 0) is 11.3 Å². The van der Waals surface area contributed by atoms with E-state index in [-0.39, 0.29) is 11.8 Å². The fourth-order valence-corrected chi connectivity index (χ4v) is 1.78. The normalized spacial score (nSPS) is 12.4.